The molecule has 0 heterocycles. The van der Waals surface area contributed by atoms with E-state index in [1.165, 1.54) is 12.1 Å². The van der Waals surface area contributed by atoms with Crippen LogP contribution in [0.3, 0.4) is 0 Å². The zero-order valence-electron chi connectivity index (χ0n) is 12.0. The van der Waals surface area contributed by atoms with Gasteiger partial charge in [-0.05, 0) is 43.7 Å². The largest absolute Gasteiger partial charge is 0.398 e. The number of halogens is 1. The number of nitrogens with two attached hydrogens (primary N) is 1. The highest BCUT2D eigenvalue weighted by Gasteiger charge is 2.33. The van der Waals surface area contributed by atoms with E-state index < -0.39 is 15.6 Å². The molecule has 4 N–H and O–H groups in total. The Morgan fingerprint density at radius 2 is 2.05 bits per heavy atom. The molecule has 0 radical (unpaired) electrons. The number of aliphatic hydroxyl groups is 1. The molecule has 118 valence electrons. The standard InChI is InChI=1S/C14H21ClN2O3S/c1-10-5-7-14(18,8-6-10)9-17-21(19,20)13-11(15)3-2-4-12(13)16/h2-4,10,17-18H,5-9,16H2,1H3. The highest BCUT2D eigenvalue weighted by molar-refractivity contribution is 7.89. The van der Waals surface area contributed by atoms with Gasteiger partial charge in [0.2, 0.25) is 10.0 Å². The predicted molar refractivity (Wildman–Crippen MR) is 83.6 cm³/mol. The molecule has 2 rings (SSSR count). The van der Waals surface area contributed by atoms with E-state index in [9.17, 15) is 13.5 Å². The Balaban J connectivity index is 2.12. The van der Waals surface area contributed by atoms with Gasteiger partial charge in [0.05, 0.1) is 16.3 Å². The first-order valence-corrected chi connectivity index (χ1v) is 8.86. The van der Waals surface area contributed by atoms with Crippen LogP contribution < -0.4 is 10.5 Å². The van der Waals surface area contributed by atoms with Gasteiger partial charge in [0.25, 0.3) is 0 Å². The minimum absolute atomic E-state index is 0.0211. The van der Waals surface area contributed by atoms with Crippen LogP contribution in [0.2, 0.25) is 5.02 Å². The molecule has 0 amide bonds. The molecular formula is C14H21ClN2O3S. The summed E-state index contributed by atoms with van der Waals surface area (Å²) in [5.74, 6) is 0.570. The molecule has 0 aliphatic heterocycles. The highest BCUT2D eigenvalue weighted by atomic mass is 35.5. The van der Waals surface area contributed by atoms with Crippen molar-refractivity contribution in [1.29, 1.82) is 0 Å². The van der Waals surface area contributed by atoms with Crippen LogP contribution in [0.1, 0.15) is 32.6 Å². The van der Waals surface area contributed by atoms with Gasteiger partial charge in [-0.3, -0.25) is 0 Å². The van der Waals surface area contributed by atoms with E-state index in [4.69, 9.17) is 17.3 Å². The number of rotatable bonds is 4. The normalized spacial score (nSPS) is 26.7. The van der Waals surface area contributed by atoms with Crippen molar-refractivity contribution in [3.05, 3.63) is 23.2 Å². The summed E-state index contributed by atoms with van der Waals surface area (Å²) in [5, 5.41) is 10.5. The molecule has 1 aromatic rings. The summed E-state index contributed by atoms with van der Waals surface area (Å²) in [6.45, 7) is 2.11. The van der Waals surface area contributed by atoms with Gasteiger partial charge in [-0.2, -0.15) is 0 Å². The van der Waals surface area contributed by atoms with Crippen LogP contribution in [0.15, 0.2) is 23.1 Å². The van der Waals surface area contributed by atoms with Gasteiger partial charge in [-0.15, -0.1) is 0 Å². The molecule has 0 bridgehead atoms. The Bertz CT molecular complexity index is 590. The zero-order valence-corrected chi connectivity index (χ0v) is 13.5. The van der Waals surface area contributed by atoms with Crippen molar-refractivity contribution in [2.45, 2.75) is 43.1 Å². The Kier molecular flexibility index (Phi) is 4.82. The number of hydrogen-bond acceptors (Lipinski definition) is 4. The lowest BCUT2D eigenvalue weighted by Gasteiger charge is -2.34. The molecule has 0 atom stereocenters. The number of nitrogen functional groups attached to an aromatic ring is 1. The lowest BCUT2D eigenvalue weighted by molar-refractivity contribution is -0.00182. The molecule has 5 nitrogen and oxygen atoms in total. The third kappa shape index (κ3) is 3.88. The number of sulfonamides is 1. The van der Waals surface area contributed by atoms with Crippen molar-refractivity contribution in [1.82, 2.24) is 4.72 Å². The molecule has 21 heavy (non-hydrogen) atoms. The first-order valence-electron chi connectivity index (χ1n) is 6.99. The molecule has 0 aromatic heterocycles. The molecule has 0 spiro atoms. The SMILES string of the molecule is CC1CCC(O)(CNS(=O)(=O)c2c(N)cccc2Cl)CC1. The molecule has 1 saturated carbocycles. The molecule has 7 heteroatoms. The maximum Gasteiger partial charge on any atom is 0.244 e. The summed E-state index contributed by atoms with van der Waals surface area (Å²) in [6.07, 6.45) is 2.97. The summed E-state index contributed by atoms with van der Waals surface area (Å²) in [5.41, 5.74) is 4.81. The third-order valence-electron chi connectivity index (χ3n) is 4.06. The average Bonchev–Trinajstić information content (AvgIpc) is 2.40. The summed E-state index contributed by atoms with van der Waals surface area (Å²) in [4.78, 5) is -0.126. The fourth-order valence-electron chi connectivity index (χ4n) is 2.59. The first-order chi connectivity index (χ1) is 9.73. The summed E-state index contributed by atoms with van der Waals surface area (Å²) in [6, 6.07) is 4.55. The molecular weight excluding hydrogens is 312 g/mol. The topological polar surface area (TPSA) is 92.4 Å². The number of benzene rings is 1. The molecule has 0 saturated heterocycles. The summed E-state index contributed by atoms with van der Waals surface area (Å²) >= 11 is 5.93. The van der Waals surface area contributed by atoms with Crippen LogP contribution in [-0.4, -0.2) is 25.7 Å². The van der Waals surface area contributed by atoms with Crippen molar-refractivity contribution < 1.29 is 13.5 Å². The van der Waals surface area contributed by atoms with Gasteiger partial charge in [0.1, 0.15) is 4.90 Å². The lowest BCUT2D eigenvalue weighted by atomic mass is 9.80. The van der Waals surface area contributed by atoms with Crippen molar-refractivity contribution in [2.75, 3.05) is 12.3 Å². The van der Waals surface area contributed by atoms with Crippen LogP contribution in [0.25, 0.3) is 0 Å². The number of anilines is 1. The Morgan fingerprint density at radius 3 is 2.62 bits per heavy atom. The second-order valence-corrected chi connectivity index (χ2v) is 8.00. The average molecular weight is 333 g/mol. The van der Waals surface area contributed by atoms with E-state index in [0.29, 0.717) is 18.8 Å². The number of nitrogens with one attached hydrogen (secondary N) is 1. The van der Waals surface area contributed by atoms with Crippen LogP contribution in [0.4, 0.5) is 5.69 Å². The van der Waals surface area contributed by atoms with Gasteiger partial charge in [-0.1, -0.05) is 24.6 Å². The fourth-order valence-corrected chi connectivity index (χ4v) is 4.38. The minimum Gasteiger partial charge on any atom is -0.398 e. The Morgan fingerprint density at radius 1 is 1.43 bits per heavy atom. The van der Waals surface area contributed by atoms with Gasteiger partial charge >= 0.3 is 0 Å². The smallest absolute Gasteiger partial charge is 0.244 e. The third-order valence-corrected chi connectivity index (χ3v) is 6.01. The minimum atomic E-state index is -3.84. The van der Waals surface area contributed by atoms with Crippen LogP contribution in [-0.2, 0) is 10.0 Å². The Hall–Kier alpha value is -0.820. The Labute approximate surface area is 130 Å². The molecule has 0 unspecified atom stereocenters. The first kappa shape index (κ1) is 16.5. The maximum atomic E-state index is 12.3. The summed E-state index contributed by atoms with van der Waals surface area (Å²) < 4.78 is 27.1. The van der Waals surface area contributed by atoms with E-state index in [2.05, 4.69) is 11.6 Å². The van der Waals surface area contributed by atoms with E-state index in [-0.39, 0.29) is 22.2 Å². The predicted octanol–water partition coefficient (Wildman–Crippen LogP) is 2.14. The second kappa shape index (κ2) is 6.12. The molecule has 1 aliphatic rings. The van der Waals surface area contributed by atoms with E-state index in [0.717, 1.165) is 12.8 Å². The second-order valence-electron chi connectivity index (χ2n) is 5.89. The van der Waals surface area contributed by atoms with Crippen molar-refractivity contribution in [2.24, 2.45) is 5.92 Å². The van der Waals surface area contributed by atoms with Crippen molar-refractivity contribution >= 4 is 27.3 Å². The van der Waals surface area contributed by atoms with E-state index in [1.54, 1.807) is 6.07 Å². The highest BCUT2D eigenvalue weighted by Crippen LogP contribution is 2.32. The van der Waals surface area contributed by atoms with Gasteiger partial charge < -0.3 is 10.8 Å². The van der Waals surface area contributed by atoms with Gasteiger partial charge in [0, 0.05) is 6.54 Å². The molecule has 1 aliphatic carbocycles. The van der Waals surface area contributed by atoms with E-state index >= 15 is 0 Å². The summed E-state index contributed by atoms with van der Waals surface area (Å²) in [7, 11) is -3.84. The van der Waals surface area contributed by atoms with Gasteiger partial charge in [-0.25, -0.2) is 13.1 Å². The van der Waals surface area contributed by atoms with Crippen LogP contribution in [0, 0.1) is 5.92 Å². The fraction of sp³-hybridized carbons (Fsp3) is 0.571. The van der Waals surface area contributed by atoms with Gasteiger partial charge in [0.15, 0.2) is 0 Å². The van der Waals surface area contributed by atoms with Crippen molar-refractivity contribution in [3.8, 4) is 0 Å². The van der Waals surface area contributed by atoms with Crippen LogP contribution >= 0.6 is 11.6 Å². The number of hydrogen-bond donors (Lipinski definition) is 3. The van der Waals surface area contributed by atoms with E-state index in [1.807, 2.05) is 0 Å². The quantitative estimate of drug-likeness (QED) is 0.736. The lowest BCUT2D eigenvalue weighted by Crippen LogP contribution is -2.45. The molecule has 1 aromatic carbocycles. The monoisotopic (exact) mass is 332 g/mol. The zero-order chi connectivity index (χ0) is 15.7. The van der Waals surface area contributed by atoms with Crippen molar-refractivity contribution in [3.63, 3.8) is 0 Å². The molecule has 1 fully saturated rings. The maximum absolute atomic E-state index is 12.3. The van der Waals surface area contributed by atoms with Crippen LogP contribution in [0.5, 0.6) is 0 Å².